The minimum Gasteiger partial charge on any atom is -0.313 e. The molecule has 1 aromatic carbocycles. The van der Waals surface area contributed by atoms with Crippen molar-refractivity contribution >= 4 is 0 Å². The standard InChI is InChI=1S/C15H23F2N/c1-5-6-18-15(10(2)3)11(4)12-7-13(16)9-14(17)8-12/h7-11,15,18H,5-6H2,1-4H3. The number of benzene rings is 1. The molecule has 0 amide bonds. The van der Waals surface area contributed by atoms with Crippen LogP contribution in [0, 0.1) is 17.6 Å². The lowest BCUT2D eigenvalue weighted by atomic mass is 9.86. The second-order valence-electron chi connectivity index (χ2n) is 5.22. The highest BCUT2D eigenvalue weighted by atomic mass is 19.1. The quantitative estimate of drug-likeness (QED) is 0.807. The summed E-state index contributed by atoms with van der Waals surface area (Å²) in [7, 11) is 0. The third-order valence-corrected chi connectivity index (χ3v) is 3.30. The zero-order valence-electron chi connectivity index (χ0n) is 11.6. The topological polar surface area (TPSA) is 12.0 Å². The molecule has 0 aliphatic heterocycles. The minimum atomic E-state index is -0.505. The molecule has 0 spiro atoms. The number of hydrogen-bond donors (Lipinski definition) is 1. The van der Waals surface area contributed by atoms with Crippen molar-refractivity contribution in [3.8, 4) is 0 Å². The Kier molecular flexibility index (Phi) is 5.73. The molecule has 1 aromatic rings. The van der Waals surface area contributed by atoms with E-state index in [1.54, 1.807) is 0 Å². The Morgan fingerprint density at radius 3 is 2.06 bits per heavy atom. The molecule has 0 saturated heterocycles. The third kappa shape index (κ3) is 4.05. The summed E-state index contributed by atoms with van der Waals surface area (Å²) in [6.07, 6.45) is 1.05. The molecule has 0 bridgehead atoms. The van der Waals surface area contributed by atoms with Crippen LogP contribution in [0.2, 0.25) is 0 Å². The molecule has 0 saturated carbocycles. The Morgan fingerprint density at radius 1 is 1.06 bits per heavy atom. The highest BCUT2D eigenvalue weighted by Gasteiger charge is 2.22. The summed E-state index contributed by atoms with van der Waals surface area (Å²) < 4.78 is 26.5. The van der Waals surface area contributed by atoms with Crippen molar-refractivity contribution < 1.29 is 8.78 Å². The zero-order chi connectivity index (χ0) is 13.7. The first-order valence-corrected chi connectivity index (χ1v) is 6.65. The van der Waals surface area contributed by atoms with Crippen LogP contribution in [-0.4, -0.2) is 12.6 Å². The lowest BCUT2D eigenvalue weighted by Gasteiger charge is -2.29. The first-order valence-electron chi connectivity index (χ1n) is 6.65. The predicted molar refractivity (Wildman–Crippen MR) is 71.7 cm³/mol. The largest absolute Gasteiger partial charge is 0.313 e. The van der Waals surface area contributed by atoms with Crippen molar-refractivity contribution in [3.05, 3.63) is 35.4 Å². The van der Waals surface area contributed by atoms with Gasteiger partial charge in [-0.2, -0.15) is 0 Å². The molecule has 1 rings (SSSR count). The van der Waals surface area contributed by atoms with E-state index in [2.05, 4.69) is 26.1 Å². The van der Waals surface area contributed by atoms with Crippen LogP contribution in [0.25, 0.3) is 0 Å². The molecule has 1 nitrogen and oxygen atoms in total. The monoisotopic (exact) mass is 255 g/mol. The van der Waals surface area contributed by atoms with Crippen LogP contribution in [-0.2, 0) is 0 Å². The molecule has 0 fully saturated rings. The second kappa shape index (κ2) is 6.83. The lowest BCUT2D eigenvalue weighted by Crippen LogP contribution is -2.38. The van der Waals surface area contributed by atoms with E-state index in [1.807, 2.05) is 6.92 Å². The van der Waals surface area contributed by atoms with Gasteiger partial charge in [0, 0.05) is 12.1 Å². The molecule has 3 heteroatoms. The van der Waals surface area contributed by atoms with E-state index in [0.29, 0.717) is 5.92 Å². The number of rotatable bonds is 6. The third-order valence-electron chi connectivity index (χ3n) is 3.30. The van der Waals surface area contributed by atoms with Crippen molar-refractivity contribution in [1.29, 1.82) is 0 Å². The van der Waals surface area contributed by atoms with Crippen LogP contribution in [0.1, 0.15) is 45.6 Å². The molecular weight excluding hydrogens is 232 g/mol. The van der Waals surface area contributed by atoms with Gasteiger partial charge in [0.25, 0.3) is 0 Å². The lowest BCUT2D eigenvalue weighted by molar-refractivity contribution is 0.353. The van der Waals surface area contributed by atoms with E-state index in [9.17, 15) is 8.78 Å². The van der Waals surface area contributed by atoms with Gasteiger partial charge < -0.3 is 5.32 Å². The van der Waals surface area contributed by atoms with E-state index in [-0.39, 0.29) is 12.0 Å². The minimum absolute atomic E-state index is 0.0850. The van der Waals surface area contributed by atoms with Gasteiger partial charge in [-0.1, -0.05) is 27.7 Å². The zero-order valence-corrected chi connectivity index (χ0v) is 11.6. The average Bonchev–Trinajstić information content (AvgIpc) is 2.27. The summed E-state index contributed by atoms with van der Waals surface area (Å²) in [5.74, 6) is -0.510. The molecule has 0 aromatic heterocycles. The molecule has 1 N–H and O–H groups in total. The predicted octanol–water partition coefficient (Wildman–Crippen LogP) is 4.09. The fourth-order valence-electron chi connectivity index (χ4n) is 2.35. The molecule has 0 radical (unpaired) electrons. The maximum Gasteiger partial charge on any atom is 0.126 e. The van der Waals surface area contributed by atoms with E-state index >= 15 is 0 Å². The molecular formula is C15H23F2N. The van der Waals surface area contributed by atoms with E-state index in [0.717, 1.165) is 24.6 Å². The molecule has 0 aliphatic carbocycles. The van der Waals surface area contributed by atoms with Gasteiger partial charge >= 0.3 is 0 Å². The van der Waals surface area contributed by atoms with Gasteiger partial charge in [0.2, 0.25) is 0 Å². The van der Waals surface area contributed by atoms with Gasteiger partial charge in [-0.05, 0) is 42.5 Å². The summed E-state index contributed by atoms with van der Waals surface area (Å²) >= 11 is 0. The SMILES string of the molecule is CCCNC(C(C)C)C(C)c1cc(F)cc(F)c1. The smallest absolute Gasteiger partial charge is 0.126 e. The highest BCUT2D eigenvalue weighted by Crippen LogP contribution is 2.25. The van der Waals surface area contributed by atoms with Gasteiger partial charge in [-0.3, -0.25) is 0 Å². The maximum absolute atomic E-state index is 13.2. The summed E-state index contributed by atoms with van der Waals surface area (Å²) in [5.41, 5.74) is 0.717. The first kappa shape index (κ1) is 15.1. The average molecular weight is 255 g/mol. The number of halogens is 2. The van der Waals surface area contributed by atoms with Crippen LogP contribution < -0.4 is 5.32 Å². The molecule has 2 atom stereocenters. The number of hydrogen-bond acceptors (Lipinski definition) is 1. The summed E-state index contributed by atoms with van der Waals surface area (Å²) in [6.45, 7) is 9.29. The van der Waals surface area contributed by atoms with Crippen molar-refractivity contribution in [1.82, 2.24) is 5.32 Å². The summed E-state index contributed by atoms with van der Waals surface area (Å²) in [6, 6.07) is 4.00. The van der Waals surface area contributed by atoms with E-state index < -0.39 is 11.6 Å². The van der Waals surface area contributed by atoms with Crippen LogP contribution in [0.15, 0.2) is 18.2 Å². The van der Waals surface area contributed by atoms with Crippen LogP contribution >= 0.6 is 0 Å². The fraction of sp³-hybridized carbons (Fsp3) is 0.600. The van der Waals surface area contributed by atoms with E-state index in [1.165, 1.54) is 12.1 Å². The summed E-state index contributed by atoms with van der Waals surface area (Å²) in [4.78, 5) is 0. The van der Waals surface area contributed by atoms with Gasteiger partial charge in [0.1, 0.15) is 11.6 Å². The molecule has 2 unspecified atom stereocenters. The molecule has 0 heterocycles. The maximum atomic E-state index is 13.2. The Hall–Kier alpha value is -0.960. The van der Waals surface area contributed by atoms with Crippen molar-refractivity contribution in [3.63, 3.8) is 0 Å². The van der Waals surface area contributed by atoms with Gasteiger partial charge in [-0.15, -0.1) is 0 Å². The van der Waals surface area contributed by atoms with Crippen LogP contribution in [0.5, 0.6) is 0 Å². The van der Waals surface area contributed by atoms with Crippen LogP contribution in [0.3, 0.4) is 0 Å². The Balaban J connectivity index is 2.90. The van der Waals surface area contributed by atoms with Crippen LogP contribution in [0.4, 0.5) is 8.78 Å². The molecule has 102 valence electrons. The van der Waals surface area contributed by atoms with Gasteiger partial charge in [0.05, 0.1) is 0 Å². The molecule has 18 heavy (non-hydrogen) atoms. The molecule has 0 aliphatic rings. The fourth-order valence-corrected chi connectivity index (χ4v) is 2.35. The highest BCUT2D eigenvalue weighted by molar-refractivity contribution is 5.23. The van der Waals surface area contributed by atoms with Crippen molar-refractivity contribution in [2.75, 3.05) is 6.54 Å². The van der Waals surface area contributed by atoms with Gasteiger partial charge in [0.15, 0.2) is 0 Å². The van der Waals surface area contributed by atoms with Crippen molar-refractivity contribution in [2.45, 2.75) is 46.1 Å². The van der Waals surface area contributed by atoms with E-state index in [4.69, 9.17) is 0 Å². The Morgan fingerprint density at radius 2 is 1.61 bits per heavy atom. The van der Waals surface area contributed by atoms with Crippen molar-refractivity contribution in [2.24, 2.45) is 5.92 Å². The first-order chi connectivity index (χ1) is 8.45. The Bertz CT molecular complexity index is 357. The van der Waals surface area contributed by atoms with Gasteiger partial charge in [-0.25, -0.2) is 8.78 Å². The summed E-state index contributed by atoms with van der Waals surface area (Å²) in [5, 5.41) is 3.46. The Labute approximate surface area is 109 Å². The normalized spacial score (nSPS) is 14.8. The second-order valence-corrected chi connectivity index (χ2v) is 5.22. The number of nitrogens with one attached hydrogen (secondary N) is 1.